The number of ketones is 1. The lowest BCUT2D eigenvalue weighted by atomic mass is 10.2. The Morgan fingerprint density at radius 3 is 2.79 bits per heavy atom. The molecule has 0 radical (unpaired) electrons. The molecule has 0 aliphatic rings. The van der Waals surface area contributed by atoms with E-state index in [2.05, 4.69) is 31.4 Å². The van der Waals surface area contributed by atoms with Crippen molar-refractivity contribution in [2.45, 2.75) is 19.8 Å². The maximum atomic E-state index is 11.2. The average Bonchev–Trinajstić information content (AvgIpc) is 2.49. The number of nitrogens with zero attached hydrogens (tertiary/aromatic N) is 1. The molecule has 1 rings (SSSR count). The molecule has 1 amide bonds. The van der Waals surface area contributed by atoms with Gasteiger partial charge in [-0.2, -0.15) is 5.10 Å². The Kier molecular flexibility index (Phi) is 3.82. The second kappa shape index (κ2) is 4.90. The van der Waals surface area contributed by atoms with E-state index in [9.17, 15) is 9.59 Å². The van der Waals surface area contributed by atoms with Crippen molar-refractivity contribution in [1.82, 2.24) is 10.2 Å². The van der Waals surface area contributed by atoms with Crippen LogP contribution in [0.4, 0.5) is 5.82 Å². The van der Waals surface area contributed by atoms with Gasteiger partial charge in [0.1, 0.15) is 11.6 Å². The average molecular weight is 260 g/mol. The molecule has 76 valence electrons. The minimum absolute atomic E-state index is 0.00354. The summed E-state index contributed by atoms with van der Waals surface area (Å²) in [6.07, 6.45) is 2.00. The fraction of sp³-hybridized carbons (Fsp3) is 0.375. The zero-order valence-electron chi connectivity index (χ0n) is 7.63. The molecule has 14 heavy (non-hydrogen) atoms. The highest BCUT2D eigenvalue weighted by molar-refractivity contribution is 9.10. The number of amides is 1. The zero-order chi connectivity index (χ0) is 10.6. The molecule has 1 heterocycles. The number of hydrogen-bond acceptors (Lipinski definition) is 3. The predicted octanol–water partition coefficient (Wildman–Crippen LogP) is 1.48. The van der Waals surface area contributed by atoms with E-state index in [0.29, 0.717) is 10.3 Å². The van der Waals surface area contributed by atoms with E-state index in [1.165, 1.54) is 6.92 Å². The summed E-state index contributed by atoms with van der Waals surface area (Å²) >= 11 is 3.20. The second-order valence-corrected chi connectivity index (χ2v) is 3.70. The number of carbonyl (C=O) groups excluding carboxylic acids is 2. The predicted molar refractivity (Wildman–Crippen MR) is 54.8 cm³/mol. The van der Waals surface area contributed by atoms with Crippen molar-refractivity contribution in [3.63, 3.8) is 0 Å². The molecule has 6 heteroatoms. The molecule has 1 aromatic rings. The van der Waals surface area contributed by atoms with Crippen molar-refractivity contribution in [3.8, 4) is 0 Å². The van der Waals surface area contributed by atoms with Crippen LogP contribution in [0.5, 0.6) is 0 Å². The number of aromatic nitrogens is 2. The highest BCUT2D eigenvalue weighted by atomic mass is 79.9. The van der Waals surface area contributed by atoms with Gasteiger partial charge in [0.15, 0.2) is 0 Å². The number of hydrogen-bond donors (Lipinski definition) is 2. The fourth-order valence-electron chi connectivity index (χ4n) is 0.851. The molecule has 0 spiro atoms. The van der Waals surface area contributed by atoms with Crippen LogP contribution in [0, 0.1) is 0 Å². The number of aromatic amines is 1. The van der Waals surface area contributed by atoms with Gasteiger partial charge in [0, 0.05) is 12.8 Å². The Balaban J connectivity index is 2.42. The summed E-state index contributed by atoms with van der Waals surface area (Å²) in [6, 6.07) is 0. The van der Waals surface area contributed by atoms with Gasteiger partial charge in [-0.25, -0.2) is 0 Å². The van der Waals surface area contributed by atoms with Gasteiger partial charge in [0.25, 0.3) is 0 Å². The first-order valence-electron chi connectivity index (χ1n) is 4.07. The van der Waals surface area contributed by atoms with Crippen molar-refractivity contribution in [3.05, 3.63) is 10.7 Å². The molecule has 0 aromatic carbocycles. The van der Waals surface area contributed by atoms with Crippen molar-refractivity contribution < 1.29 is 9.59 Å². The summed E-state index contributed by atoms with van der Waals surface area (Å²) < 4.78 is 0.689. The number of rotatable bonds is 4. The number of halogens is 1. The first-order valence-corrected chi connectivity index (χ1v) is 4.87. The number of anilines is 1. The summed E-state index contributed by atoms with van der Waals surface area (Å²) in [5, 5.41) is 8.92. The molecular weight excluding hydrogens is 250 g/mol. The molecule has 0 unspecified atom stereocenters. The van der Waals surface area contributed by atoms with Gasteiger partial charge in [0.2, 0.25) is 5.91 Å². The van der Waals surface area contributed by atoms with Gasteiger partial charge >= 0.3 is 0 Å². The second-order valence-electron chi connectivity index (χ2n) is 2.84. The summed E-state index contributed by atoms with van der Waals surface area (Å²) in [7, 11) is 0. The van der Waals surface area contributed by atoms with E-state index in [0.717, 1.165) is 0 Å². The van der Waals surface area contributed by atoms with E-state index < -0.39 is 0 Å². The summed E-state index contributed by atoms with van der Waals surface area (Å²) in [5.74, 6) is 0.313. The van der Waals surface area contributed by atoms with Gasteiger partial charge in [-0.1, -0.05) is 0 Å². The molecule has 5 nitrogen and oxygen atoms in total. The quantitative estimate of drug-likeness (QED) is 0.860. The van der Waals surface area contributed by atoms with Gasteiger partial charge in [-0.05, 0) is 22.9 Å². The van der Waals surface area contributed by atoms with Crippen LogP contribution in [-0.2, 0) is 9.59 Å². The van der Waals surface area contributed by atoms with Crippen LogP contribution in [0.15, 0.2) is 10.7 Å². The fourth-order valence-corrected chi connectivity index (χ4v) is 1.14. The summed E-state index contributed by atoms with van der Waals surface area (Å²) in [5.41, 5.74) is 0. The normalized spacial score (nSPS) is 9.86. The minimum atomic E-state index is -0.204. The third-order valence-electron chi connectivity index (χ3n) is 1.56. The van der Waals surface area contributed by atoms with Crippen molar-refractivity contribution in [2.75, 3.05) is 5.32 Å². The van der Waals surface area contributed by atoms with Crippen LogP contribution in [-0.4, -0.2) is 21.9 Å². The van der Waals surface area contributed by atoms with E-state index >= 15 is 0 Å². The summed E-state index contributed by atoms with van der Waals surface area (Å²) in [4.78, 5) is 21.8. The van der Waals surface area contributed by atoms with Crippen molar-refractivity contribution in [1.29, 1.82) is 0 Å². The molecule has 0 bridgehead atoms. The molecular formula is C8H10BrN3O2. The third kappa shape index (κ3) is 3.29. The number of Topliss-reactive ketones (excluding diaryl/α,β-unsaturated/α-hetero) is 1. The molecule has 0 saturated carbocycles. The van der Waals surface area contributed by atoms with Crippen molar-refractivity contribution >= 4 is 33.4 Å². The Labute approximate surface area is 89.4 Å². The largest absolute Gasteiger partial charge is 0.310 e. The molecule has 2 N–H and O–H groups in total. The van der Waals surface area contributed by atoms with E-state index in [1.54, 1.807) is 6.20 Å². The first kappa shape index (κ1) is 10.9. The minimum Gasteiger partial charge on any atom is -0.310 e. The Morgan fingerprint density at radius 2 is 2.29 bits per heavy atom. The first-order chi connectivity index (χ1) is 6.59. The van der Waals surface area contributed by atoms with Gasteiger partial charge in [-0.15, -0.1) is 0 Å². The lowest BCUT2D eigenvalue weighted by Gasteiger charge is -2.01. The van der Waals surface area contributed by atoms with Crippen LogP contribution >= 0.6 is 15.9 Å². The smallest absolute Gasteiger partial charge is 0.225 e. The number of nitrogens with one attached hydrogen (secondary N) is 2. The van der Waals surface area contributed by atoms with Gasteiger partial charge < -0.3 is 10.1 Å². The van der Waals surface area contributed by atoms with E-state index in [4.69, 9.17) is 0 Å². The highest BCUT2D eigenvalue weighted by Crippen LogP contribution is 2.17. The summed E-state index contributed by atoms with van der Waals surface area (Å²) in [6.45, 7) is 1.46. The monoisotopic (exact) mass is 259 g/mol. The number of H-pyrrole nitrogens is 1. The van der Waals surface area contributed by atoms with E-state index in [1.807, 2.05) is 0 Å². The lowest BCUT2D eigenvalue weighted by Crippen LogP contribution is -2.13. The van der Waals surface area contributed by atoms with Crippen LogP contribution in [0.25, 0.3) is 0 Å². The molecule has 0 fully saturated rings. The molecule has 1 aromatic heterocycles. The van der Waals surface area contributed by atoms with Crippen LogP contribution in [0.3, 0.4) is 0 Å². The highest BCUT2D eigenvalue weighted by Gasteiger charge is 2.07. The lowest BCUT2D eigenvalue weighted by molar-refractivity contribution is -0.121. The number of carbonyl (C=O) groups is 2. The molecule has 0 saturated heterocycles. The zero-order valence-corrected chi connectivity index (χ0v) is 9.22. The maximum Gasteiger partial charge on any atom is 0.225 e. The Hall–Kier alpha value is -1.17. The standard InChI is InChI=1S/C8H10BrN3O2/c1-5(13)2-3-7(14)11-8-6(9)4-10-12-8/h4H,2-3H2,1H3,(H2,10,11,12,14). The van der Waals surface area contributed by atoms with Crippen LogP contribution in [0.2, 0.25) is 0 Å². The third-order valence-corrected chi connectivity index (χ3v) is 2.16. The van der Waals surface area contributed by atoms with Gasteiger partial charge in [0.05, 0.1) is 10.7 Å². The Morgan fingerprint density at radius 1 is 1.57 bits per heavy atom. The van der Waals surface area contributed by atoms with Crippen molar-refractivity contribution in [2.24, 2.45) is 0 Å². The molecule has 0 aliphatic heterocycles. The topological polar surface area (TPSA) is 74.8 Å². The van der Waals surface area contributed by atoms with Gasteiger partial charge in [-0.3, -0.25) is 9.89 Å². The molecule has 0 aliphatic carbocycles. The van der Waals surface area contributed by atoms with E-state index in [-0.39, 0.29) is 24.5 Å². The Bertz CT molecular complexity index is 348. The SMILES string of the molecule is CC(=O)CCC(=O)Nc1[nH]ncc1Br. The van der Waals surface area contributed by atoms with Crippen LogP contribution < -0.4 is 5.32 Å². The van der Waals surface area contributed by atoms with Crippen LogP contribution in [0.1, 0.15) is 19.8 Å². The maximum absolute atomic E-state index is 11.2. The molecule has 0 atom stereocenters.